The molecule has 1 aliphatic heterocycles. The Morgan fingerprint density at radius 3 is 2.47 bits per heavy atom. The molecule has 1 heterocycles. The molecule has 0 bridgehead atoms. The highest BCUT2D eigenvalue weighted by molar-refractivity contribution is 6.05. The number of anilines is 1. The fourth-order valence-corrected chi connectivity index (χ4v) is 4.18. The van der Waals surface area contributed by atoms with Gasteiger partial charge in [-0.15, -0.1) is 0 Å². The minimum absolute atomic E-state index is 0.148. The molecule has 0 aliphatic carbocycles. The third kappa shape index (κ3) is 4.46. The van der Waals surface area contributed by atoms with Crippen molar-refractivity contribution in [2.24, 2.45) is 17.4 Å². The number of hydrogen-bond donors (Lipinski definition) is 2. The Hall–Kier alpha value is -2.93. The average molecular weight is 411 g/mol. The molecule has 1 fully saturated rings. The van der Waals surface area contributed by atoms with Crippen LogP contribution in [0, 0.1) is 5.92 Å². The fraction of sp³-hybridized carbons (Fsp3) is 0.435. The van der Waals surface area contributed by atoms with E-state index in [0.717, 1.165) is 17.2 Å². The second kappa shape index (κ2) is 9.26. The quantitative estimate of drug-likeness (QED) is 0.728. The van der Waals surface area contributed by atoms with E-state index in [0.29, 0.717) is 25.1 Å². The summed E-state index contributed by atoms with van der Waals surface area (Å²) in [5, 5.41) is 2.00. The third-order valence-corrected chi connectivity index (χ3v) is 5.62. The van der Waals surface area contributed by atoms with Crippen LogP contribution < -0.4 is 16.4 Å². The number of nitrogens with zero attached hydrogens (tertiary/aromatic N) is 2. The Morgan fingerprint density at radius 2 is 1.83 bits per heavy atom. The highest BCUT2D eigenvalue weighted by Crippen LogP contribution is 2.29. The number of nitrogens with two attached hydrogens (primary N) is 2. The Morgan fingerprint density at radius 1 is 1.13 bits per heavy atom. The molecule has 2 unspecified atom stereocenters. The van der Waals surface area contributed by atoms with E-state index in [1.165, 1.54) is 9.80 Å². The molecular formula is C23H30N4O3. The number of amides is 3. The van der Waals surface area contributed by atoms with Crippen LogP contribution in [0.1, 0.15) is 33.1 Å². The Labute approximate surface area is 177 Å². The van der Waals surface area contributed by atoms with Crippen LogP contribution in [0.5, 0.6) is 0 Å². The van der Waals surface area contributed by atoms with Crippen LogP contribution in [0.25, 0.3) is 10.8 Å². The molecule has 1 aliphatic rings. The number of primary amides is 1. The first-order chi connectivity index (χ1) is 14.3. The van der Waals surface area contributed by atoms with Gasteiger partial charge in [0.05, 0.1) is 6.54 Å². The number of hydrogen-bond acceptors (Lipinski definition) is 4. The minimum Gasteiger partial charge on any atom is -0.368 e. The van der Waals surface area contributed by atoms with Gasteiger partial charge in [-0.1, -0.05) is 44.2 Å². The van der Waals surface area contributed by atoms with Crippen LogP contribution in [-0.2, 0) is 14.4 Å². The van der Waals surface area contributed by atoms with E-state index in [9.17, 15) is 14.4 Å². The van der Waals surface area contributed by atoms with Crippen molar-refractivity contribution in [1.82, 2.24) is 4.90 Å². The van der Waals surface area contributed by atoms with Gasteiger partial charge in [0.25, 0.3) is 5.91 Å². The lowest BCUT2D eigenvalue weighted by Gasteiger charge is -2.35. The second-order valence-electron chi connectivity index (χ2n) is 8.24. The standard InChI is InChI=1S/C23H30N4O3/c1-15(2)12-20(22(25)29)27(18-10-9-16-6-3-4-7-17(16)13-18)23(30)19-8-5-11-26(19)21(28)14-24/h3-4,6-7,9-10,13,15,19-20H,5,8,11-12,14,24H2,1-2H3,(H2,25,29). The summed E-state index contributed by atoms with van der Waals surface area (Å²) in [6.45, 7) is 4.31. The Kier molecular flexibility index (Phi) is 6.72. The molecule has 7 heteroatoms. The van der Waals surface area contributed by atoms with Gasteiger partial charge in [0.2, 0.25) is 11.8 Å². The zero-order valence-electron chi connectivity index (χ0n) is 17.6. The van der Waals surface area contributed by atoms with Crippen LogP contribution in [-0.4, -0.2) is 47.8 Å². The molecule has 2 atom stereocenters. The summed E-state index contributed by atoms with van der Waals surface area (Å²) in [6, 6.07) is 12.0. The van der Waals surface area contributed by atoms with Crippen LogP contribution in [0.3, 0.4) is 0 Å². The van der Waals surface area contributed by atoms with Crippen LogP contribution in [0.15, 0.2) is 42.5 Å². The van der Waals surface area contributed by atoms with E-state index < -0.39 is 18.0 Å². The zero-order valence-corrected chi connectivity index (χ0v) is 17.6. The summed E-state index contributed by atoms with van der Waals surface area (Å²) >= 11 is 0. The highest BCUT2D eigenvalue weighted by atomic mass is 16.2. The van der Waals surface area contributed by atoms with Gasteiger partial charge in [-0.05, 0) is 48.1 Å². The summed E-state index contributed by atoms with van der Waals surface area (Å²) < 4.78 is 0. The first kappa shape index (κ1) is 21.8. The van der Waals surface area contributed by atoms with Crippen molar-refractivity contribution in [1.29, 1.82) is 0 Å². The van der Waals surface area contributed by atoms with Gasteiger partial charge >= 0.3 is 0 Å². The maximum absolute atomic E-state index is 13.7. The Balaban J connectivity index is 2.07. The van der Waals surface area contributed by atoms with Crippen LogP contribution >= 0.6 is 0 Å². The first-order valence-electron chi connectivity index (χ1n) is 10.4. The third-order valence-electron chi connectivity index (χ3n) is 5.62. The molecular weight excluding hydrogens is 380 g/mol. The van der Waals surface area contributed by atoms with Crippen molar-refractivity contribution in [2.45, 2.75) is 45.2 Å². The van der Waals surface area contributed by atoms with Crippen molar-refractivity contribution < 1.29 is 14.4 Å². The molecule has 0 aromatic heterocycles. The van der Waals surface area contributed by atoms with Gasteiger partial charge in [0.15, 0.2) is 0 Å². The van der Waals surface area contributed by atoms with E-state index >= 15 is 0 Å². The molecule has 0 spiro atoms. The van der Waals surface area contributed by atoms with E-state index in [1.54, 1.807) is 0 Å². The molecule has 2 aromatic carbocycles. The van der Waals surface area contributed by atoms with Gasteiger partial charge in [-0.3, -0.25) is 19.3 Å². The van der Waals surface area contributed by atoms with E-state index in [4.69, 9.17) is 11.5 Å². The maximum Gasteiger partial charge on any atom is 0.250 e. The number of likely N-dealkylation sites (tertiary alicyclic amines) is 1. The molecule has 1 saturated heterocycles. The average Bonchev–Trinajstić information content (AvgIpc) is 3.22. The zero-order chi connectivity index (χ0) is 21.8. The molecule has 160 valence electrons. The molecule has 7 nitrogen and oxygen atoms in total. The molecule has 2 aromatic rings. The number of carbonyl (C=O) groups is 3. The topological polar surface area (TPSA) is 110 Å². The smallest absolute Gasteiger partial charge is 0.250 e. The largest absolute Gasteiger partial charge is 0.368 e. The van der Waals surface area contributed by atoms with Gasteiger partial charge in [0.1, 0.15) is 12.1 Å². The molecule has 4 N–H and O–H groups in total. The lowest BCUT2D eigenvalue weighted by molar-refractivity contribution is -0.136. The molecule has 3 amide bonds. The fourth-order valence-electron chi connectivity index (χ4n) is 4.18. The van der Waals surface area contributed by atoms with Crippen LogP contribution in [0.4, 0.5) is 5.69 Å². The number of benzene rings is 2. The summed E-state index contributed by atoms with van der Waals surface area (Å²) in [7, 11) is 0. The van der Waals surface area contributed by atoms with E-state index in [-0.39, 0.29) is 24.3 Å². The lowest BCUT2D eigenvalue weighted by atomic mass is 9.99. The van der Waals surface area contributed by atoms with Crippen molar-refractivity contribution in [3.63, 3.8) is 0 Å². The van der Waals surface area contributed by atoms with Crippen molar-refractivity contribution in [3.8, 4) is 0 Å². The molecule has 3 rings (SSSR count). The highest BCUT2D eigenvalue weighted by Gasteiger charge is 2.40. The number of fused-ring (bicyclic) bond motifs is 1. The van der Waals surface area contributed by atoms with Crippen molar-refractivity contribution in [2.75, 3.05) is 18.0 Å². The lowest BCUT2D eigenvalue weighted by Crippen LogP contribution is -2.56. The predicted molar refractivity (Wildman–Crippen MR) is 118 cm³/mol. The second-order valence-corrected chi connectivity index (χ2v) is 8.24. The maximum atomic E-state index is 13.7. The normalized spacial score (nSPS) is 17.3. The van der Waals surface area contributed by atoms with Gasteiger partial charge in [-0.25, -0.2) is 0 Å². The summed E-state index contributed by atoms with van der Waals surface area (Å²) in [4.78, 5) is 41.5. The SMILES string of the molecule is CC(C)CC(C(N)=O)N(C(=O)C1CCCN1C(=O)CN)c1ccc2ccccc2c1. The molecule has 0 saturated carbocycles. The van der Waals surface area contributed by atoms with E-state index in [2.05, 4.69) is 0 Å². The number of rotatable bonds is 7. The summed E-state index contributed by atoms with van der Waals surface area (Å²) in [5.74, 6) is -0.943. The number of carbonyl (C=O) groups excluding carboxylic acids is 3. The molecule has 0 radical (unpaired) electrons. The van der Waals surface area contributed by atoms with Gasteiger partial charge in [0, 0.05) is 12.2 Å². The van der Waals surface area contributed by atoms with Crippen molar-refractivity contribution in [3.05, 3.63) is 42.5 Å². The van der Waals surface area contributed by atoms with Gasteiger partial charge < -0.3 is 16.4 Å². The van der Waals surface area contributed by atoms with Gasteiger partial charge in [-0.2, -0.15) is 0 Å². The van der Waals surface area contributed by atoms with E-state index in [1.807, 2.05) is 56.3 Å². The Bertz CT molecular complexity index is 943. The monoisotopic (exact) mass is 410 g/mol. The first-order valence-corrected chi connectivity index (χ1v) is 10.4. The summed E-state index contributed by atoms with van der Waals surface area (Å²) in [5.41, 5.74) is 11.9. The van der Waals surface area contributed by atoms with Crippen LogP contribution in [0.2, 0.25) is 0 Å². The minimum atomic E-state index is -0.797. The predicted octanol–water partition coefficient (Wildman–Crippen LogP) is 2.02. The van der Waals surface area contributed by atoms with Crippen molar-refractivity contribution >= 4 is 34.2 Å². The molecule has 30 heavy (non-hydrogen) atoms. The summed E-state index contributed by atoms with van der Waals surface area (Å²) in [6.07, 6.45) is 1.70.